The van der Waals surface area contributed by atoms with Crippen LogP contribution >= 0.6 is 22.9 Å². The van der Waals surface area contributed by atoms with Gasteiger partial charge in [0.25, 0.3) is 5.91 Å². The second-order valence-electron chi connectivity index (χ2n) is 5.70. The van der Waals surface area contributed by atoms with E-state index in [1.807, 2.05) is 0 Å². The molecule has 0 aliphatic heterocycles. The molecule has 0 aliphatic rings. The number of carbonyl (C=O) groups is 1. The topological polar surface area (TPSA) is 49.3 Å². The molecule has 142 valence electrons. The zero-order chi connectivity index (χ0) is 19.8. The minimum atomic E-state index is -4.62. The van der Waals surface area contributed by atoms with Crippen molar-refractivity contribution in [1.82, 2.24) is 5.32 Å². The fraction of sp³-hybridized carbons (Fsp3) is 0.167. The number of aliphatic hydroxyl groups is 1. The summed E-state index contributed by atoms with van der Waals surface area (Å²) in [6, 6.07) is 8.47. The minimum Gasteiger partial charge on any atom is -0.387 e. The van der Waals surface area contributed by atoms with Gasteiger partial charge in [-0.3, -0.25) is 4.79 Å². The van der Waals surface area contributed by atoms with Crippen LogP contribution in [0.2, 0.25) is 5.02 Å². The molecule has 1 unspecified atom stereocenters. The van der Waals surface area contributed by atoms with Gasteiger partial charge in [-0.15, -0.1) is 11.3 Å². The Bertz CT molecular complexity index is 1000. The molecule has 27 heavy (non-hydrogen) atoms. The van der Waals surface area contributed by atoms with Crippen molar-refractivity contribution < 1.29 is 27.5 Å². The molecule has 9 heteroatoms. The summed E-state index contributed by atoms with van der Waals surface area (Å²) in [5, 5.41) is 13.1. The van der Waals surface area contributed by atoms with E-state index in [1.165, 1.54) is 30.3 Å². The summed E-state index contributed by atoms with van der Waals surface area (Å²) in [7, 11) is 0. The van der Waals surface area contributed by atoms with Crippen molar-refractivity contribution in [2.45, 2.75) is 12.3 Å². The van der Waals surface area contributed by atoms with Crippen LogP contribution in [0.25, 0.3) is 10.1 Å². The fourth-order valence-electron chi connectivity index (χ4n) is 2.61. The second-order valence-corrected chi connectivity index (χ2v) is 7.13. The number of carbonyl (C=O) groups excluding carboxylic acids is 1. The third-order valence-corrected chi connectivity index (χ3v) is 5.53. The highest BCUT2D eigenvalue weighted by Gasteiger charge is 2.34. The Morgan fingerprint density at radius 2 is 1.93 bits per heavy atom. The van der Waals surface area contributed by atoms with Gasteiger partial charge in [0.2, 0.25) is 0 Å². The lowest BCUT2D eigenvalue weighted by Gasteiger charge is -2.17. The Morgan fingerprint density at radius 1 is 1.22 bits per heavy atom. The van der Waals surface area contributed by atoms with Crippen LogP contribution in [0.15, 0.2) is 42.5 Å². The van der Waals surface area contributed by atoms with Crippen LogP contribution in [0.3, 0.4) is 0 Å². The van der Waals surface area contributed by atoms with Crippen LogP contribution in [0.5, 0.6) is 0 Å². The van der Waals surface area contributed by atoms with E-state index >= 15 is 0 Å². The number of hydrogen-bond acceptors (Lipinski definition) is 3. The number of nitrogens with one attached hydrogen (secondary N) is 1. The monoisotopic (exact) mass is 417 g/mol. The Balaban J connectivity index is 1.78. The Hall–Kier alpha value is -2.16. The summed E-state index contributed by atoms with van der Waals surface area (Å²) < 4.78 is 52.9. The molecule has 0 radical (unpaired) electrons. The van der Waals surface area contributed by atoms with E-state index < -0.39 is 36.1 Å². The maximum Gasteiger partial charge on any atom is 0.416 e. The third kappa shape index (κ3) is 4.07. The van der Waals surface area contributed by atoms with Crippen molar-refractivity contribution in [3.63, 3.8) is 0 Å². The number of amides is 1. The van der Waals surface area contributed by atoms with Crippen LogP contribution in [0.4, 0.5) is 17.6 Å². The zero-order valence-corrected chi connectivity index (χ0v) is 15.1. The van der Waals surface area contributed by atoms with Crippen LogP contribution in [0.1, 0.15) is 26.9 Å². The molecule has 1 atom stereocenters. The maximum atomic E-state index is 13.3. The molecule has 3 aromatic rings. The van der Waals surface area contributed by atoms with Crippen molar-refractivity contribution in [3.05, 3.63) is 69.3 Å². The molecular formula is C18H12ClF4NO2S. The third-order valence-electron chi connectivity index (χ3n) is 3.88. The lowest BCUT2D eigenvalue weighted by molar-refractivity contribution is -0.139. The highest BCUT2D eigenvalue weighted by atomic mass is 35.5. The number of alkyl halides is 3. The van der Waals surface area contributed by atoms with E-state index in [0.717, 1.165) is 23.5 Å². The molecule has 0 spiro atoms. The van der Waals surface area contributed by atoms with E-state index in [0.29, 0.717) is 10.1 Å². The average Bonchev–Trinajstić information content (AvgIpc) is 2.94. The Morgan fingerprint density at radius 3 is 2.63 bits per heavy atom. The summed E-state index contributed by atoms with van der Waals surface area (Å²) in [5.41, 5.74) is -1.31. The van der Waals surface area contributed by atoms with Gasteiger partial charge in [-0.2, -0.15) is 13.2 Å². The van der Waals surface area contributed by atoms with Gasteiger partial charge in [0.15, 0.2) is 0 Å². The summed E-state index contributed by atoms with van der Waals surface area (Å²) in [6.07, 6.45) is -6.18. The number of fused-ring (bicyclic) bond motifs is 1. The zero-order valence-electron chi connectivity index (χ0n) is 13.5. The van der Waals surface area contributed by atoms with Crippen molar-refractivity contribution >= 4 is 38.9 Å². The van der Waals surface area contributed by atoms with Crippen molar-refractivity contribution in [2.75, 3.05) is 6.54 Å². The number of hydrogen-bond donors (Lipinski definition) is 2. The van der Waals surface area contributed by atoms with Gasteiger partial charge in [0.1, 0.15) is 10.7 Å². The van der Waals surface area contributed by atoms with Crippen LogP contribution in [-0.4, -0.2) is 17.6 Å². The van der Waals surface area contributed by atoms with E-state index in [-0.39, 0.29) is 15.5 Å². The van der Waals surface area contributed by atoms with E-state index in [4.69, 9.17) is 11.6 Å². The van der Waals surface area contributed by atoms with Crippen LogP contribution < -0.4 is 5.32 Å². The van der Waals surface area contributed by atoms with Gasteiger partial charge in [0.05, 0.1) is 16.7 Å². The summed E-state index contributed by atoms with van der Waals surface area (Å²) in [6.45, 7) is -0.440. The molecule has 0 fully saturated rings. The first-order valence-corrected chi connectivity index (χ1v) is 8.88. The number of halogens is 5. The molecule has 2 aromatic carbocycles. The van der Waals surface area contributed by atoms with Gasteiger partial charge < -0.3 is 10.4 Å². The van der Waals surface area contributed by atoms with E-state index in [1.54, 1.807) is 0 Å². The lowest BCUT2D eigenvalue weighted by atomic mass is 10.0. The molecule has 0 bridgehead atoms. The molecule has 0 aliphatic carbocycles. The summed E-state index contributed by atoms with van der Waals surface area (Å²) >= 11 is 7.09. The van der Waals surface area contributed by atoms with Gasteiger partial charge in [-0.05, 0) is 29.8 Å². The van der Waals surface area contributed by atoms with Crippen LogP contribution in [0, 0.1) is 5.82 Å². The average molecular weight is 418 g/mol. The van der Waals surface area contributed by atoms with E-state index in [9.17, 15) is 27.5 Å². The number of aliphatic hydroxyl groups excluding tert-OH is 1. The summed E-state index contributed by atoms with van der Waals surface area (Å²) in [5.74, 6) is -1.14. The highest BCUT2D eigenvalue weighted by Crippen LogP contribution is 2.36. The van der Waals surface area contributed by atoms with Gasteiger partial charge >= 0.3 is 6.18 Å². The SMILES string of the molecule is O=C(NCC(O)c1ccccc1C(F)(F)F)c1sc2cc(F)ccc2c1Cl. The number of benzene rings is 2. The van der Waals surface area contributed by atoms with Crippen molar-refractivity contribution in [1.29, 1.82) is 0 Å². The molecule has 0 saturated heterocycles. The number of rotatable bonds is 4. The molecular weight excluding hydrogens is 406 g/mol. The standard InChI is InChI=1S/C18H12ClF4NO2S/c19-15-11-6-5-9(20)7-14(11)27-16(15)17(26)24-8-13(25)10-3-1-2-4-12(10)18(21,22)23/h1-7,13,25H,8H2,(H,24,26). The first kappa shape index (κ1) is 19.6. The smallest absolute Gasteiger partial charge is 0.387 e. The fourth-order valence-corrected chi connectivity index (χ4v) is 4.07. The van der Waals surface area contributed by atoms with E-state index in [2.05, 4.69) is 5.32 Å². The quantitative estimate of drug-likeness (QED) is 0.575. The summed E-state index contributed by atoms with van der Waals surface area (Å²) in [4.78, 5) is 12.4. The molecule has 0 saturated carbocycles. The predicted molar refractivity (Wildman–Crippen MR) is 95.5 cm³/mol. The first-order chi connectivity index (χ1) is 12.7. The van der Waals surface area contributed by atoms with Gasteiger partial charge in [-0.25, -0.2) is 4.39 Å². The predicted octanol–water partition coefficient (Wildman–Crippen LogP) is 5.18. The van der Waals surface area contributed by atoms with Crippen molar-refractivity contribution in [3.8, 4) is 0 Å². The molecule has 3 nitrogen and oxygen atoms in total. The van der Waals surface area contributed by atoms with Gasteiger partial charge in [-0.1, -0.05) is 29.8 Å². The largest absolute Gasteiger partial charge is 0.416 e. The molecule has 2 N–H and O–H groups in total. The Kier molecular flexibility index (Phi) is 5.41. The first-order valence-electron chi connectivity index (χ1n) is 7.68. The normalized spacial score (nSPS) is 13.0. The highest BCUT2D eigenvalue weighted by molar-refractivity contribution is 7.21. The van der Waals surface area contributed by atoms with Gasteiger partial charge in [0, 0.05) is 16.6 Å². The molecule has 1 amide bonds. The number of thiophene rings is 1. The molecule has 1 aromatic heterocycles. The molecule has 1 heterocycles. The lowest BCUT2D eigenvalue weighted by Crippen LogP contribution is -2.29. The minimum absolute atomic E-state index is 0.0913. The molecule has 3 rings (SSSR count). The second kappa shape index (κ2) is 7.46. The van der Waals surface area contributed by atoms with Crippen LogP contribution in [-0.2, 0) is 6.18 Å². The Labute approximate surface area is 160 Å². The maximum absolute atomic E-state index is 13.3. The van der Waals surface area contributed by atoms with Crippen molar-refractivity contribution in [2.24, 2.45) is 0 Å².